The molecule has 0 amide bonds. The van der Waals surface area contributed by atoms with Gasteiger partial charge in [0, 0.05) is 17.0 Å². The number of halogens is 2. The molecule has 1 aliphatic heterocycles. The van der Waals surface area contributed by atoms with E-state index in [9.17, 15) is 9.50 Å². The SMILES string of the molecule is CC(C)(C(O)Cc1cc(Cl)ccc1F)N1CCCCCC1. The Morgan fingerprint density at radius 1 is 1.24 bits per heavy atom. The largest absolute Gasteiger partial charge is 0.391 e. The van der Waals surface area contributed by atoms with E-state index in [1.54, 1.807) is 6.07 Å². The zero-order chi connectivity index (χ0) is 15.5. The van der Waals surface area contributed by atoms with Crippen LogP contribution in [0.5, 0.6) is 0 Å². The Balaban J connectivity index is 2.09. The summed E-state index contributed by atoms with van der Waals surface area (Å²) in [6.45, 7) is 6.10. The van der Waals surface area contributed by atoms with Gasteiger partial charge < -0.3 is 5.11 Å². The zero-order valence-corrected chi connectivity index (χ0v) is 13.7. The molecule has 4 heteroatoms. The third kappa shape index (κ3) is 4.18. The molecule has 0 spiro atoms. The number of hydrogen-bond donors (Lipinski definition) is 1. The van der Waals surface area contributed by atoms with Crippen molar-refractivity contribution in [1.82, 2.24) is 4.90 Å². The van der Waals surface area contributed by atoms with Crippen molar-refractivity contribution < 1.29 is 9.50 Å². The maximum absolute atomic E-state index is 13.8. The molecule has 0 aromatic heterocycles. The normalized spacial score (nSPS) is 19.3. The third-order valence-electron chi connectivity index (χ3n) is 4.66. The Bertz CT molecular complexity index is 470. The van der Waals surface area contributed by atoms with Crippen LogP contribution < -0.4 is 0 Å². The van der Waals surface area contributed by atoms with E-state index in [1.807, 2.05) is 13.8 Å². The first-order valence-electron chi connectivity index (χ1n) is 7.78. The quantitative estimate of drug-likeness (QED) is 0.907. The lowest BCUT2D eigenvalue weighted by Crippen LogP contribution is -2.53. The van der Waals surface area contributed by atoms with E-state index >= 15 is 0 Å². The number of aliphatic hydroxyl groups excluding tert-OH is 1. The predicted octanol–water partition coefficient (Wildman–Crippen LogP) is 4.04. The summed E-state index contributed by atoms with van der Waals surface area (Å²) >= 11 is 5.93. The van der Waals surface area contributed by atoms with Crippen molar-refractivity contribution in [3.8, 4) is 0 Å². The second kappa shape index (κ2) is 7.08. The number of nitrogens with zero attached hydrogens (tertiary/aromatic N) is 1. The van der Waals surface area contributed by atoms with Gasteiger partial charge in [0.05, 0.1) is 6.10 Å². The maximum Gasteiger partial charge on any atom is 0.126 e. The predicted molar refractivity (Wildman–Crippen MR) is 85.2 cm³/mol. The van der Waals surface area contributed by atoms with Gasteiger partial charge >= 0.3 is 0 Å². The highest BCUT2D eigenvalue weighted by atomic mass is 35.5. The van der Waals surface area contributed by atoms with Gasteiger partial charge in [0.1, 0.15) is 5.82 Å². The van der Waals surface area contributed by atoms with Crippen LogP contribution in [-0.2, 0) is 6.42 Å². The molecule has 0 saturated carbocycles. The van der Waals surface area contributed by atoms with Gasteiger partial charge in [0.25, 0.3) is 0 Å². The fourth-order valence-corrected chi connectivity index (χ4v) is 3.21. The van der Waals surface area contributed by atoms with Crippen LogP contribution in [0, 0.1) is 5.82 Å². The van der Waals surface area contributed by atoms with Crippen LogP contribution in [0.4, 0.5) is 4.39 Å². The first-order valence-corrected chi connectivity index (χ1v) is 8.16. The molecule has 1 heterocycles. The smallest absolute Gasteiger partial charge is 0.126 e. The molecule has 21 heavy (non-hydrogen) atoms. The molecule has 1 aromatic carbocycles. The number of hydrogen-bond acceptors (Lipinski definition) is 2. The van der Waals surface area contributed by atoms with Crippen molar-refractivity contribution in [2.45, 2.75) is 57.6 Å². The highest BCUT2D eigenvalue weighted by molar-refractivity contribution is 6.30. The van der Waals surface area contributed by atoms with Crippen LogP contribution in [0.3, 0.4) is 0 Å². The first kappa shape index (κ1) is 16.7. The lowest BCUT2D eigenvalue weighted by Gasteiger charge is -2.41. The Kier molecular flexibility index (Phi) is 5.64. The molecule has 0 bridgehead atoms. The fourth-order valence-electron chi connectivity index (χ4n) is 3.02. The highest BCUT2D eigenvalue weighted by Crippen LogP contribution is 2.27. The lowest BCUT2D eigenvalue weighted by molar-refractivity contribution is -0.00824. The molecule has 1 atom stereocenters. The molecular formula is C17H25ClFNO. The van der Waals surface area contributed by atoms with Crippen LogP contribution in [0.25, 0.3) is 0 Å². The van der Waals surface area contributed by atoms with Gasteiger partial charge in [-0.2, -0.15) is 0 Å². The number of aliphatic hydroxyl groups is 1. The van der Waals surface area contributed by atoms with Crippen molar-refractivity contribution in [3.05, 3.63) is 34.6 Å². The summed E-state index contributed by atoms with van der Waals surface area (Å²) in [5.74, 6) is -0.301. The molecule has 1 aromatic rings. The molecule has 0 aliphatic carbocycles. The van der Waals surface area contributed by atoms with Crippen molar-refractivity contribution in [3.63, 3.8) is 0 Å². The van der Waals surface area contributed by atoms with E-state index in [1.165, 1.54) is 37.8 Å². The summed E-state index contributed by atoms with van der Waals surface area (Å²) in [7, 11) is 0. The van der Waals surface area contributed by atoms with E-state index in [0.717, 1.165) is 13.1 Å². The van der Waals surface area contributed by atoms with E-state index in [-0.39, 0.29) is 17.8 Å². The molecule has 1 aliphatic rings. The van der Waals surface area contributed by atoms with Gasteiger partial charge in [-0.3, -0.25) is 4.90 Å². The lowest BCUT2D eigenvalue weighted by atomic mass is 9.89. The molecular weight excluding hydrogens is 289 g/mol. The minimum absolute atomic E-state index is 0.288. The van der Waals surface area contributed by atoms with Gasteiger partial charge in [0.2, 0.25) is 0 Å². The average Bonchev–Trinajstić information content (AvgIpc) is 2.72. The van der Waals surface area contributed by atoms with E-state index in [0.29, 0.717) is 10.6 Å². The first-order chi connectivity index (χ1) is 9.91. The molecule has 1 unspecified atom stereocenters. The molecule has 1 saturated heterocycles. The minimum atomic E-state index is -0.622. The molecule has 1 fully saturated rings. The Hall–Kier alpha value is -0.640. The van der Waals surface area contributed by atoms with E-state index < -0.39 is 6.10 Å². The summed E-state index contributed by atoms with van der Waals surface area (Å²) in [5.41, 5.74) is 0.122. The standard InChI is InChI=1S/C17H25ClFNO/c1-17(2,20-9-5-3-4-6-10-20)16(21)12-13-11-14(18)7-8-15(13)19/h7-8,11,16,21H,3-6,9-10,12H2,1-2H3. The highest BCUT2D eigenvalue weighted by Gasteiger charge is 2.34. The van der Waals surface area contributed by atoms with Crippen molar-refractivity contribution in [2.75, 3.05) is 13.1 Å². The monoisotopic (exact) mass is 313 g/mol. The Labute approximate surface area is 131 Å². The second-order valence-corrected chi connectivity index (χ2v) is 6.95. The third-order valence-corrected chi connectivity index (χ3v) is 4.89. The molecule has 2 nitrogen and oxygen atoms in total. The van der Waals surface area contributed by atoms with Gasteiger partial charge in [-0.1, -0.05) is 24.4 Å². The van der Waals surface area contributed by atoms with Crippen LogP contribution in [0.1, 0.15) is 45.1 Å². The summed E-state index contributed by atoms with van der Waals surface area (Å²) in [4.78, 5) is 2.34. The van der Waals surface area contributed by atoms with Crippen LogP contribution >= 0.6 is 11.6 Å². The summed E-state index contributed by atoms with van der Waals surface area (Å²) < 4.78 is 13.8. The minimum Gasteiger partial charge on any atom is -0.391 e. The van der Waals surface area contributed by atoms with E-state index in [2.05, 4.69) is 4.90 Å². The van der Waals surface area contributed by atoms with Crippen LogP contribution in [0.15, 0.2) is 18.2 Å². The van der Waals surface area contributed by atoms with Gasteiger partial charge in [-0.25, -0.2) is 4.39 Å². The number of likely N-dealkylation sites (tertiary alicyclic amines) is 1. The van der Waals surface area contributed by atoms with Crippen molar-refractivity contribution in [1.29, 1.82) is 0 Å². The van der Waals surface area contributed by atoms with Gasteiger partial charge in [-0.15, -0.1) is 0 Å². The second-order valence-electron chi connectivity index (χ2n) is 6.51. The average molecular weight is 314 g/mol. The topological polar surface area (TPSA) is 23.5 Å². The van der Waals surface area contributed by atoms with Crippen molar-refractivity contribution >= 4 is 11.6 Å². The summed E-state index contributed by atoms with van der Waals surface area (Å²) in [6.07, 6.45) is 4.51. The zero-order valence-electron chi connectivity index (χ0n) is 12.9. The number of rotatable bonds is 4. The Morgan fingerprint density at radius 2 is 1.86 bits per heavy atom. The Morgan fingerprint density at radius 3 is 2.48 bits per heavy atom. The summed E-state index contributed by atoms with van der Waals surface area (Å²) in [6, 6.07) is 4.51. The summed E-state index contributed by atoms with van der Waals surface area (Å²) in [5, 5.41) is 11.1. The molecule has 1 N–H and O–H groups in total. The molecule has 0 radical (unpaired) electrons. The number of benzene rings is 1. The molecule has 2 rings (SSSR count). The fraction of sp³-hybridized carbons (Fsp3) is 0.647. The molecule has 118 valence electrons. The van der Waals surface area contributed by atoms with Crippen molar-refractivity contribution in [2.24, 2.45) is 0 Å². The van der Waals surface area contributed by atoms with Gasteiger partial charge in [0.15, 0.2) is 0 Å². The van der Waals surface area contributed by atoms with Crippen LogP contribution in [0.2, 0.25) is 5.02 Å². The van der Waals surface area contributed by atoms with Crippen LogP contribution in [-0.4, -0.2) is 34.7 Å². The van der Waals surface area contributed by atoms with Gasteiger partial charge in [-0.05, 0) is 63.5 Å². The van der Waals surface area contributed by atoms with E-state index in [4.69, 9.17) is 11.6 Å². The maximum atomic E-state index is 13.8.